The normalized spacial score (nSPS) is 15.2. The van der Waals surface area contributed by atoms with E-state index >= 15 is 0 Å². The van der Waals surface area contributed by atoms with Gasteiger partial charge in [0, 0.05) is 17.1 Å². The molecule has 7 nitrogen and oxygen atoms in total. The first-order valence-electron chi connectivity index (χ1n) is 11.6. The molecule has 178 valence electrons. The Balaban J connectivity index is 1.76. The van der Waals surface area contributed by atoms with Crippen LogP contribution in [0.25, 0.3) is 0 Å². The van der Waals surface area contributed by atoms with Gasteiger partial charge in [0.2, 0.25) is 11.1 Å². The predicted octanol–water partition coefficient (Wildman–Crippen LogP) is 5.80. The Hall–Kier alpha value is -3.26. The summed E-state index contributed by atoms with van der Waals surface area (Å²) in [5, 5.41) is 11.8. The number of hydrogen-bond acceptors (Lipinski definition) is 6. The molecule has 0 spiro atoms. The third-order valence-corrected chi connectivity index (χ3v) is 6.41. The Labute approximate surface area is 205 Å². The number of allylic oxidation sites excluding steroid dienone is 1. The van der Waals surface area contributed by atoms with Gasteiger partial charge in [-0.25, -0.2) is 4.68 Å². The highest BCUT2D eigenvalue weighted by molar-refractivity contribution is 7.99. The van der Waals surface area contributed by atoms with Gasteiger partial charge in [0.05, 0.1) is 11.7 Å². The zero-order valence-electron chi connectivity index (χ0n) is 20.3. The van der Waals surface area contributed by atoms with Crippen LogP contribution in [0.5, 0.6) is 5.75 Å². The lowest BCUT2D eigenvalue weighted by atomic mass is 9.94. The fourth-order valence-electron chi connectivity index (χ4n) is 3.85. The highest BCUT2D eigenvalue weighted by Crippen LogP contribution is 2.37. The first-order valence-corrected chi connectivity index (χ1v) is 12.6. The Morgan fingerprint density at radius 2 is 1.97 bits per heavy atom. The number of anilines is 2. The number of carbonyl (C=O) groups excluding carboxylic acids is 1. The van der Waals surface area contributed by atoms with Gasteiger partial charge in [-0.1, -0.05) is 48.5 Å². The number of rotatable bonds is 8. The number of thioether (sulfide) groups is 1. The summed E-state index contributed by atoms with van der Waals surface area (Å²) in [6.07, 6.45) is 1.07. The summed E-state index contributed by atoms with van der Waals surface area (Å²) in [6.45, 7) is 10.0. The van der Waals surface area contributed by atoms with Gasteiger partial charge in [0.1, 0.15) is 11.8 Å². The second kappa shape index (κ2) is 10.3. The number of amides is 1. The van der Waals surface area contributed by atoms with E-state index in [1.807, 2.05) is 80.9 Å². The van der Waals surface area contributed by atoms with Crippen LogP contribution in [0.4, 0.5) is 11.6 Å². The average Bonchev–Trinajstić information content (AvgIpc) is 3.20. The minimum atomic E-state index is -0.444. The number of hydrogen-bond donors (Lipinski definition) is 2. The van der Waals surface area contributed by atoms with Gasteiger partial charge in [-0.05, 0) is 63.9 Å². The van der Waals surface area contributed by atoms with Crippen LogP contribution < -0.4 is 15.4 Å². The third-order valence-electron chi connectivity index (χ3n) is 5.37. The molecule has 1 atom stereocenters. The number of nitrogens with one attached hydrogen (secondary N) is 2. The SMILES string of the molecule is CCCSc1nc2n(n1)C(c1cccc(OC(C)C)c1)C(C(=O)Nc1ccc(C)cc1)=C(C)N2. The van der Waals surface area contributed by atoms with Crippen LogP contribution in [0, 0.1) is 6.92 Å². The monoisotopic (exact) mass is 477 g/mol. The van der Waals surface area contributed by atoms with Crippen molar-refractivity contribution in [2.45, 2.75) is 58.3 Å². The quantitative estimate of drug-likeness (QED) is 0.399. The average molecular weight is 478 g/mol. The number of aromatic nitrogens is 3. The molecule has 34 heavy (non-hydrogen) atoms. The van der Waals surface area contributed by atoms with E-state index in [4.69, 9.17) is 9.84 Å². The van der Waals surface area contributed by atoms with Gasteiger partial charge in [0.25, 0.3) is 5.91 Å². The Morgan fingerprint density at radius 1 is 1.21 bits per heavy atom. The van der Waals surface area contributed by atoms with Gasteiger partial charge >= 0.3 is 0 Å². The van der Waals surface area contributed by atoms with Gasteiger partial charge < -0.3 is 15.4 Å². The van der Waals surface area contributed by atoms with E-state index in [1.165, 1.54) is 0 Å². The summed E-state index contributed by atoms with van der Waals surface area (Å²) in [5.41, 5.74) is 4.13. The first kappa shape index (κ1) is 23.9. The molecule has 0 aliphatic carbocycles. The number of ether oxygens (including phenoxy) is 1. The molecule has 0 saturated carbocycles. The van der Waals surface area contributed by atoms with Gasteiger partial charge in [0.15, 0.2) is 0 Å². The molecule has 0 fully saturated rings. The maximum absolute atomic E-state index is 13.6. The van der Waals surface area contributed by atoms with Crippen molar-refractivity contribution in [3.8, 4) is 5.75 Å². The molecule has 8 heteroatoms. The molecule has 2 N–H and O–H groups in total. The lowest BCUT2D eigenvalue weighted by molar-refractivity contribution is -0.113. The summed E-state index contributed by atoms with van der Waals surface area (Å²) in [5.74, 6) is 2.13. The summed E-state index contributed by atoms with van der Waals surface area (Å²) >= 11 is 1.61. The molecule has 0 saturated heterocycles. The minimum Gasteiger partial charge on any atom is -0.491 e. The lowest BCUT2D eigenvalue weighted by Gasteiger charge is -2.29. The van der Waals surface area contributed by atoms with E-state index in [0.717, 1.165) is 40.4 Å². The van der Waals surface area contributed by atoms with Crippen LogP contribution in [0.15, 0.2) is 65.0 Å². The van der Waals surface area contributed by atoms with Crippen molar-refractivity contribution >= 4 is 29.3 Å². The van der Waals surface area contributed by atoms with Crippen molar-refractivity contribution in [2.75, 3.05) is 16.4 Å². The minimum absolute atomic E-state index is 0.0452. The molecular weight excluding hydrogens is 446 g/mol. The van der Waals surface area contributed by atoms with Crippen LogP contribution >= 0.6 is 11.8 Å². The van der Waals surface area contributed by atoms with Crippen LogP contribution in [0.3, 0.4) is 0 Å². The molecule has 1 unspecified atom stereocenters. The fourth-order valence-corrected chi connectivity index (χ4v) is 4.54. The summed E-state index contributed by atoms with van der Waals surface area (Å²) < 4.78 is 7.75. The van der Waals surface area contributed by atoms with E-state index < -0.39 is 6.04 Å². The summed E-state index contributed by atoms with van der Waals surface area (Å²) in [4.78, 5) is 18.3. The Morgan fingerprint density at radius 3 is 2.68 bits per heavy atom. The molecule has 0 radical (unpaired) electrons. The molecule has 3 aromatic rings. The second-order valence-electron chi connectivity index (χ2n) is 8.64. The molecular formula is C26H31N5O2S. The van der Waals surface area contributed by atoms with Crippen LogP contribution in [0.2, 0.25) is 0 Å². The van der Waals surface area contributed by atoms with Gasteiger partial charge in [-0.3, -0.25) is 4.79 Å². The number of carbonyl (C=O) groups is 1. The lowest BCUT2D eigenvalue weighted by Crippen LogP contribution is -2.31. The molecule has 1 aromatic heterocycles. The largest absolute Gasteiger partial charge is 0.491 e. The molecule has 1 aliphatic rings. The summed E-state index contributed by atoms with van der Waals surface area (Å²) in [6, 6.07) is 15.2. The molecule has 1 aliphatic heterocycles. The number of benzene rings is 2. The van der Waals surface area contributed by atoms with Crippen LogP contribution in [-0.4, -0.2) is 32.5 Å². The van der Waals surface area contributed by atoms with E-state index in [9.17, 15) is 4.79 Å². The number of aryl methyl sites for hydroxylation is 1. The highest BCUT2D eigenvalue weighted by atomic mass is 32.2. The third kappa shape index (κ3) is 5.28. The van der Waals surface area contributed by atoms with Crippen molar-refractivity contribution in [1.29, 1.82) is 0 Å². The topological polar surface area (TPSA) is 81.1 Å². The zero-order chi connectivity index (χ0) is 24.2. The van der Waals surface area contributed by atoms with Crippen LogP contribution in [0.1, 0.15) is 51.3 Å². The van der Waals surface area contributed by atoms with Crippen molar-refractivity contribution < 1.29 is 9.53 Å². The Bertz CT molecular complexity index is 1200. The van der Waals surface area contributed by atoms with Crippen molar-refractivity contribution in [3.63, 3.8) is 0 Å². The van der Waals surface area contributed by atoms with E-state index in [1.54, 1.807) is 11.8 Å². The zero-order valence-corrected chi connectivity index (χ0v) is 21.1. The molecule has 2 heterocycles. The van der Waals surface area contributed by atoms with Gasteiger partial charge in [-0.2, -0.15) is 4.98 Å². The second-order valence-corrected chi connectivity index (χ2v) is 9.70. The maximum Gasteiger partial charge on any atom is 0.255 e. The van der Waals surface area contributed by atoms with Crippen LogP contribution in [-0.2, 0) is 4.79 Å². The molecule has 0 bridgehead atoms. The predicted molar refractivity (Wildman–Crippen MR) is 138 cm³/mol. The number of fused-ring (bicyclic) bond motifs is 1. The molecule has 1 amide bonds. The van der Waals surface area contributed by atoms with Crippen molar-refractivity contribution in [3.05, 3.63) is 70.9 Å². The Kier molecular flexibility index (Phi) is 7.26. The van der Waals surface area contributed by atoms with E-state index in [-0.39, 0.29) is 12.0 Å². The maximum atomic E-state index is 13.6. The summed E-state index contributed by atoms with van der Waals surface area (Å²) in [7, 11) is 0. The highest BCUT2D eigenvalue weighted by Gasteiger charge is 2.34. The van der Waals surface area contributed by atoms with Gasteiger partial charge in [-0.15, -0.1) is 5.10 Å². The fraction of sp³-hybridized carbons (Fsp3) is 0.346. The smallest absolute Gasteiger partial charge is 0.255 e. The van der Waals surface area contributed by atoms with Crippen molar-refractivity contribution in [1.82, 2.24) is 14.8 Å². The molecule has 4 rings (SSSR count). The van der Waals surface area contributed by atoms with E-state index in [0.29, 0.717) is 16.7 Å². The van der Waals surface area contributed by atoms with E-state index in [2.05, 4.69) is 22.5 Å². The number of nitrogens with zero attached hydrogens (tertiary/aromatic N) is 3. The first-order chi connectivity index (χ1) is 16.4. The molecule has 2 aromatic carbocycles. The standard InChI is InChI=1S/C26H31N5O2S/c1-6-14-34-26-29-25-27-18(5)22(24(32)28-20-12-10-17(4)11-13-20)23(31(25)30-26)19-8-7-9-21(15-19)33-16(2)3/h7-13,15-16,23H,6,14H2,1-5H3,(H,28,32)(H,27,29,30). The van der Waals surface area contributed by atoms with Crippen molar-refractivity contribution in [2.24, 2.45) is 0 Å².